The number of hydrogen-bond donors (Lipinski definition) is 1. The van der Waals surface area contributed by atoms with E-state index in [2.05, 4.69) is 5.32 Å². The summed E-state index contributed by atoms with van der Waals surface area (Å²) >= 11 is 0. The molecule has 1 saturated carbocycles. The number of ether oxygens (including phenoxy) is 2. The van der Waals surface area contributed by atoms with Crippen LogP contribution >= 0.6 is 0 Å². The molecular formula is C28H39N3O6S. The van der Waals surface area contributed by atoms with Crippen LogP contribution in [0.3, 0.4) is 0 Å². The third kappa shape index (κ3) is 7.86. The quantitative estimate of drug-likeness (QED) is 0.411. The Kier molecular flexibility index (Phi) is 10.4. The highest BCUT2D eigenvalue weighted by molar-refractivity contribution is 7.92. The molecule has 1 N–H and O–H groups in total. The number of nitrogens with one attached hydrogen (secondary N) is 1. The normalized spacial score (nSPS) is 14.5. The number of benzene rings is 2. The lowest BCUT2D eigenvalue weighted by Gasteiger charge is -2.30. The molecule has 38 heavy (non-hydrogen) atoms. The molecule has 1 aliphatic rings. The maximum atomic E-state index is 13.5. The van der Waals surface area contributed by atoms with Crippen molar-refractivity contribution in [1.29, 1.82) is 0 Å². The second-order valence-corrected chi connectivity index (χ2v) is 11.6. The average Bonchev–Trinajstić information content (AvgIpc) is 3.42. The lowest BCUT2D eigenvalue weighted by Crippen LogP contribution is -2.49. The van der Waals surface area contributed by atoms with Gasteiger partial charge in [0.05, 0.1) is 26.2 Å². The minimum atomic E-state index is -3.61. The first-order valence-corrected chi connectivity index (χ1v) is 14.8. The molecule has 2 aromatic rings. The lowest BCUT2D eigenvalue weighted by atomic mass is 10.1. The summed E-state index contributed by atoms with van der Waals surface area (Å²) in [7, 11) is -0.542. The van der Waals surface area contributed by atoms with E-state index in [1.54, 1.807) is 43.2 Å². The van der Waals surface area contributed by atoms with Gasteiger partial charge in [0.15, 0.2) is 0 Å². The molecule has 1 aliphatic carbocycles. The van der Waals surface area contributed by atoms with E-state index in [0.717, 1.165) is 37.5 Å². The van der Waals surface area contributed by atoms with Crippen molar-refractivity contribution >= 4 is 27.5 Å². The van der Waals surface area contributed by atoms with Gasteiger partial charge in [0.25, 0.3) is 0 Å². The van der Waals surface area contributed by atoms with Crippen LogP contribution < -0.4 is 19.1 Å². The maximum absolute atomic E-state index is 13.5. The minimum absolute atomic E-state index is 0.0817. The molecule has 0 aromatic heterocycles. The van der Waals surface area contributed by atoms with Crippen molar-refractivity contribution in [3.63, 3.8) is 0 Å². The molecule has 1 fully saturated rings. The van der Waals surface area contributed by atoms with Crippen LogP contribution in [0, 0.1) is 0 Å². The molecule has 208 valence electrons. The van der Waals surface area contributed by atoms with Crippen LogP contribution in [0.25, 0.3) is 0 Å². The van der Waals surface area contributed by atoms with E-state index >= 15 is 0 Å². The summed E-state index contributed by atoms with van der Waals surface area (Å²) in [6.45, 7) is 2.09. The van der Waals surface area contributed by atoms with E-state index < -0.39 is 16.1 Å². The fraction of sp³-hybridized carbons (Fsp3) is 0.500. The number of carbonyl (C=O) groups is 2. The SMILES string of the molecule is COc1ccc(CN(C(=O)CCCN(c2ccccc2OC)S(C)(=O)=O)C(C)C(=O)NC2CCCC2)cc1. The maximum Gasteiger partial charge on any atom is 0.242 e. The number of para-hydroxylation sites is 2. The van der Waals surface area contributed by atoms with Crippen LogP contribution in [0.2, 0.25) is 0 Å². The monoisotopic (exact) mass is 545 g/mol. The molecule has 2 amide bonds. The molecule has 1 atom stereocenters. The second kappa shape index (κ2) is 13.5. The zero-order valence-corrected chi connectivity index (χ0v) is 23.5. The van der Waals surface area contributed by atoms with E-state index in [0.29, 0.717) is 17.2 Å². The predicted molar refractivity (Wildman–Crippen MR) is 148 cm³/mol. The summed E-state index contributed by atoms with van der Waals surface area (Å²) in [6.07, 6.45) is 5.59. The molecule has 0 aliphatic heterocycles. The molecule has 2 aromatic carbocycles. The molecular weight excluding hydrogens is 506 g/mol. The molecule has 3 rings (SSSR count). The van der Waals surface area contributed by atoms with Gasteiger partial charge in [-0.25, -0.2) is 8.42 Å². The first-order valence-electron chi connectivity index (χ1n) is 13.0. The van der Waals surface area contributed by atoms with Gasteiger partial charge < -0.3 is 19.7 Å². The zero-order valence-electron chi connectivity index (χ0n) is 22.7. The Balaban J connectivity index is 1.74. The third-order valence-corrected chi connectivity index (χ3v) is 8.07. The number of carbonyl (C=O) groups excluding carboxylic acids is 2. The highest BCUT2D eigenvalue weighted by atomic mass is 32.2. The van der Waals surface area contributed by atoms with Crippen molar-refractivity contribution in [2.75, 3.05) is 31.3 Å². The lowest BCUT2D eigenvalue weighted by molar-refractivity contribution is -0.141. The number of methoxy groups -OCH3 is 2. The van der Waals surface area contributed by atoms with Crippen LogP contribution in [0.4, 0.5) is 5.69 Å². The van der Waals surface area contributed by atoms with Crippen molar-refractivity contribution < 1.29 is 27.5 Å². The third-order valence-electron chi connectivity index (χ3n) is 6.89. The van der Waals surface area contributed by atoms with Crippen molar-refractivity contribution in [3.8, 4) is 11.5 Å². The van der Waals surface area contributed by atoms with Crippen molar-refractivity contribution in [1.82, 2.24) is 10.2 Å². The molecule has 0 radical (unpaired) electrons. The smallest absolute Gasteiger partial charge is 0.242 e. The van der Waals surface area contributed by atoms with Gasteiger partial charge >= 0.3 is 0 Å². The number of anilines is 1. The van der Waals surface area contributed by atoms with E-state index in [9.17, 15) is 18.0 Å². The van der Waals surface area contributed by atoms with Crippen LogP contribution in [-0.2, 0) is 26.2 Å². The van der Waals surface area contributed by atoms with Gasteiger partial charge in [-0.05, 0) is 56.0 Å². The van der Waals surface area contributed by atoms with Gasteiger partial charge in [0.1, 0.15) is 17.5 Å². The second-order valence-electron chi connectivity index (χ2n) is 9.65. The van der Waals surface area contributed by atoms with Gasteiger partial charge in [-0.2, -0.15) is 0 Å². The van der Waals surface area contributed by atoms with E-state index in [4.69, 9.17) is 9.47 Å². The van der Waals surface area contributed by atoms with Crippen LogP contribution in [-0.4, -0.2) is 64.2 Å². The standard InChI is InChI=1S/C28H39N3O6S/c1-21(28(33)29-23-10-5-6-11-23)30(20-22-15-17-24(36-2)18-16-22)27(32)14-9-19-31(38(4,34)35)25-12-7-8-13-26(25)37-3/h7-8,12-13,15-18,21,23H,5-6,9-11,14,19-20H2,1-4H3,(H,29,33). The Labute approximate surface area is 226 Å². The van der Waals surface area contributed by atoms with E-state index in [-0.39, 0.29) is 43.8 Å². The molecule has 10 heteroatoms. The minimum Gasteiger partial charge on any atom is -0.497 e. The highest BCUT2D eigenvalue weighted by Gasteiger charge is 2.29. The Morgan fingerprint density at radius 2 is 1.68 bits per heavy atom. The number of sulfonamides is 1. The van der Waals surface area contributed by atoms with Gasteiger partial charge in [-0.1, -0.05) is 37.1 Å². The summed E-state index contributed by atoms with van der Waals surface area (Å²) in [5.74, 6) is 0.743. The summed E-state index contributed by atoms with van der Waals surface area (Å²) in [6, 6.07) is 13.7. The van der Waals surface area contributed by atoms with E-state index in [1.165, 1.54) is 11.4 Å². The summed E-state index contributed by atoms with van der Waals surface area (Å²) in [5.41, 5.74) is 1.29. The van der Waals surface area contributed by atoms with Crippen molar-refractivity contribution in [2.45, 2.75) is 64.1 Å². The van der Waals surface area contributed by atoms with Crippen LogP contribution in [0.1, 0.15) is 51.0 Å². The zero-order chi connectivity index (χ0) is 27.7. The van der Waals surface area contributed by atoms with Gasteiger partial charge in [0, 0.05) is 25.6 Å². The Bertz CT molecular complexity index is 1180. The topological polar surface area (TPSA) is 105 Å². The first kappa shape index (κ1) is 29.3. The van der Waals surface area contributed by atoms with Crippen molar-refractivity contribution in [3.05, 3.63) is 54.1 Å². The summed E-state index contributed by atoms with van der Waals surface area (Å²) < 4.78 is 37.0. The van der Waals surface area contributed by atoms with Crippen LogP contribution in [0.15, 0.2) is 48.5 Å². The van der Waals surface area contributed by atoms with Gasteiger partial charge in [-0.3, -0.25) is 13.9 Å². The Hall–Kier alpha value is -3.27. The molecule has 0 bridgehead atoms. The fourth-order valence-corrected chi connectivity index (χ4v) is 5.69. The highest BCUT2D eigenvalue weighted by Crippen LogP contribution is 2.30. The average molecular weight is 546 g/mol. The number of amides is 2. The van der Waals surface area contributed by atoms with E-state index in [1.807, 2.05) is 24.3 Å². The number of nitrogens with zero attached hydrogens (tertiary/aromatic N) is 2. The number of hydrogen-bond acceptors (Lipinski definition) is 6. The predicted octanol–water partition coefficient (Wildman–Crippen LogP) is 3.73. The number of rotatable bonds is 13. The molecule has 9 nitrogen and oxygen atoms in total. The molecule has 0 saturated heterocycles. The molecule has 0 spiro atoms. The molecule has 0 heterocycles. The van der Waals surface area contributed by atoms with Crippen LogP contribution in [0.5, 0.6) is 11.5 Å². The van der Waals surface area contributed by atoms with Gasteiger partial charge in [-0.15, -0.1) is 0 Å². The Morgan fingerprint density at radius 3 is 2.29 bits per heavy atom. The van der Waals surface area contributed by atoms with Gasteiger partial charge in [0.2, 0.25) is 21.8 Å². The summed E-state index contributed by atoms with van der Waals surface area (Å²) in [4.78, 5) is 28.1. The largest absolute Gasteiger partial charge is 0.497 e. The Morgan fingerprint density at radius 1 is 1.03 bits per heavy atom. The first-order chi connectivity index (χ1) is 18.1. The van der Waals surface area contributed by atoms with Crippen molar-refractivity contribution in [2.24, 2.45) is 0 Å². The fourth-order valence-electron chi connectivity index (χ4n) is 4.72. The molecule has 1 unspecified atom stereocenters. The summed E-state index contributed by atoms with van der Waals surface area (Å²) in [5, 5.41) is 3.09.